The molecule has 2 aliphatic rings. The van der Waals surface area contributed by atoms with Crippen LogP contribution in [0, 0.1) is 29.1 Å². The minimum absolute atomic E-state index is 0.158. The molecule has 25 heavy (non-hydrogen) atoms. The van der Waals surface area contributed by atoms with E-state index in [9.17, 15) is 26.7 Å². The van der Waals surface area contributed by atoms with E-state index in [-0.39, 0.29) is 6.04 Å². The van der Waals surface area contributed by atoms with Crippen LogP contribution in [0.25, 0.3) is 0 Å². The first-order valence-corrected chi connectivity index (χ1v) is 7.96. The number of hydrogen-bond donors (Lipinski definition) is 0. The molecule has 138 valence electrons. The number of halogens is 5. The van der Waals surface area contributed by atoms with E-state index >= 15 is 0 Å². The minimum atomic E-state index is -2.31. The number of hydrogen-bond acceptors (Lipinski definition) is 4. The summed E-state index contributed by atoms with van der Waals surface area (Å²) in [4.78, 5) is 14.1. The highest BCUT2D eigenvalue weighted by Gasteiger charge is 2.38. The van der Waals surface area contributed by atoms with Gasteiger partial charge >= 0.3 is 5.97 Å². The van der Waals surface area contributed by atoms with Crippen molar-refractivity contribution < 1.29 is 36.2 Å². The Hall–Kier alpha value is -1.74. The van der Waals surface area contributed by atoms with E-state index in [4.69, 9.17) is 9.47 Å². The van der Waals surface area contributed by atoms with Crippen LogP contribution in [-0.4, -0.2) is 49.3 Å². The third-order valence-corrected chi connectivity index (χ3v) is 4.60. The molecule has 1 heterocycles. The first-order valence-electron chi connectivity index (χ1n) is 7.96. The van der Waals surface area contributed by atoms with E-state index in [1.165, 1.54) is 0 Å². The van der Waals surface area contributed by atoms with Gasteiger partial charge < -0.3 is 9.47 Å². The van der Waals surface area contributed by atoms with Crippen LogP contribution in [0.3, 0.4) is 0 Å². The quantitative estimate of drug-likeness (QED) is 0.357. The smallest absolute Gasteiger partial charge is 0.344 e. The van der Waals surface area contributed by atoms with E-state index in [0.717, 1.165) is 12.8 Å². The van der Waals surface area contributed by atoms with E-state index < -0.39 is 46.7 Å². The van der Waals surface area contributed by atoms with Gasteiger partial charge in [0.05, 0.1) is 13.2 Å². The predicted molar refractivity (Wildman–Crippen MR) is 75.5 cm³/mol. The molecule has 0 N–H and O–H groups in total. The molecule has 4 nitrogen and oxygen atoms in total. The van der Waals surface area contributed by atoms with Crippen LogP contribution in [0.2, 0.25) is 0 Å². The molecule has 0 spiro atoms. The van der Waals surface area contributed by atoms with Crippen LogP contribution >= 0.6 is 0 Å². The molecule has 1 aromatic carbocycles. The Kier molecular flexibility index (Phi) is 5.24. The second-order valence-corrected chi connectivity index (χ2v) is 6.04. The van der Waals surface area contributed by atoms with Crippen molar-refractivity contribution in [3.05, 3.63) is 34.6 Å². The first-order chi connectivity index (χ1) is 11.9. The standard InChI is InChI=1S/C16H16F5NO3/c17-11-10(12(18)14(20)15(21)13(11)19)16(23)25-9-3-1-2-8(9)22-4-6-24-7-5-22/h8-9H,1-7H2. The van der Waals surface area contributed by atoms with E-state index in [2.05, 4.69) is 0 Å². The predicted octanol–water partition coefficient (Wildman–Crippen LogP) is 2.79. The zero-order chi connectivity index (χ0) is 18.1. The molecule has 0 radical (unpaired) electrons. The molecule has 0 aromatic heterocycles. The summed E-state index contributed by atoms with van der Waals surface area (Å²) in [7, 11) is 0. The number of carbonyl (C=O) groups is 1. The average molecular weight is 365 g/mol. The molecule has 1 saturated heterocycles. The summed E-state index contributed by atoms with van der Waals surface area (Å²) in [6, 6.07) is -0.158. The molecule has 9 heteroatoms. The molecule has 0 bridgehead atoms. The fraction of sp³-hybridized carbons (Fsp3) is 0.562. The Balaban J connectivity index is 1.80. The molecule has 2 fully saturated rings. The van der Waals surface area contributed by atoms with Crippen LogP contribution in [-0.2, 0) is 9.47 Å². The van der Waals surface area contributed by atoms with Crippen molar-refractivity contribution in [1.29, 1.82) is 0 Å². The summed E-state index contributed by atoms with van der Waals surface area (Å²) in [5.74, 6) is -12.5. The molecular formula is C16H16F5NO3. The van der Waals surface area contributed by atoms with Gasteiger partial charge in [0.2, 0.25) is 5.82 Å². The maximum Gasteiger partial charge on any atom is 0.344 e. The lowest BCUT2D eigenvalue weighted by Crippen LogP contribution is -2.48. The number of rotatable bonds is 3. The second-order valence-electron chi connectivity index (χ2n) is 6.04. The molecule has 1 aliphatic carbocycles. The number of nitrogens with zero attached hydrogens (tertiary/aromatic N) is 1. The van der Waals surface area contributed by atoms with E-state index in [1.54, 1.807) is 0 Å². The van der Waals surface area contributed by atoms with Crippen LogP contribution < -0.4 is 0 Å². The minimum Gasteiger partial charge on any atom is -0.457 e. The van der Waals surface area contributed by atoms with Crippen molar-refractivity contribution in [2.45, 2.75) is 31.4 Å². The summed E-state index contributed by atoms with van der Waals surface area (Å²) >= 11 is 0. The van der Waals surface area contributed by atoms with Crippen molar-refractivity contribution in [1.82, 2.24) is 4.90 Å². The van der Waals surface area contributed by atoms with Gasteiger partial charge in [0.15, 0.2) is 23.3 Å². The zero-order valence-electron chi connectivity index (χ0n) is 13.2. The molecular weight excluding hydrogens is 349 g/mol. The monoisotopic (exact) mass is 365 g/mol. The number of ether oxygens (including phenoxy) is 2. The molecule has 3 rings (SSSR count). The van der Waals surface area contributed by atoms with Crippen LogP contribution in [0.4, 0.5) is 22.0 Å². The van der Waals surface area contributed by atoms with Crippen molar-refractivity contribution >= 4 is 5.97 Å². The summed E-state index contributed by atoms with van der Waals surface area (Å²) in [6.07, 6.45) is 1.25. The largest absolute Gasteiger partial charge is 0.457 e. The van der Waals surface area contributed by atoms with Gasteiger partial charge in [-0.25, -0.2) is 26.7 Å². The van der Waals surface area contributed by atoms with Gasteiger partial charge in [-0.15, -0.1) is 0 Å². The van der Waals surface area contributed by atoms with Crippen LogP contribution in [0.15, 0.2) is 0 Å². The SMILES string of the molecule is O=C(OC1CCCC1N1CCOCC1)c1c(F)c(F)c(F)c(F)c1F. The highest BCUT2D eigenvalue weighted by atomic mass is 19.2. The average Bonchev–Trinajstić information content (AvgIpc) is 3.07. The van der Waals surface area contributed by atoms with Gasteiger partial charge in [0.1, 0.15) is 11.7 Å². The van der Waals surface area contributed by atoms with Crippen molar-refractivity contribution in [3.63, 3.8) is 0 Å². The van der Waals surface area contributed by atoms with Crippen LogP contribution in [0.5, 0.6) is 0 Å². The topological polar surface area (TPSA) is 38.8 Å². The number of carbonyl (C=O) groups excluding carboxylic acids is 1. The fourth-order valence-corrected chi connectivity index (χ4v) is 3.35. The Labute approximate surface area is 140 Å². The van der Waals surface area contributed by atoms with Gasteiger partial charge in [-0.05, 0) is 19.3 Å². The molecule has 1 aliphatic heterocycles. The Morgan fingerprint density at radius 2 is 1.48 bits per heavy atom. The van der Waals surface area contributed by atoms with Crippen LogP contribution in [0.1, 0.15) is 29.6 Å². The number of benzene rings is 1. The van der Waals surface area contributed by atoms with Gasteiger partial charge in [-0.1, -0.05) is 0 Å². The maximum atomic E-state index is 13.7. The molecule has 1 aromatic rings. The third kappa shape index (κ3) is 3.35. The number of morpholine rings is 1. The normalized spacial score (nSPS) is 24.5. The first kappa shape index (κ1) is 18.1. The maximum absolute atomic E-state index is 13.7. The zero-order valence-corrected chi connectivity index (χ0v) is 13.2. The van der Waals surface area contributed by atoms with Gasteiger partial charge in [-0.2, -0.15) is 0 Å². The van der Waals surface area contributed by atoms with Crippen molar-refractivity contribution in [2.24, 2.45) is 0 Å². The van der Waals surface area contributed by atoms with Gasteiger partial charge in [0, 0.05) is 19.1 Å². The third-order valence-electron chi connectivity index (χ3n) is 4.60. The van der Waals surface area contributed by atoms with E-state index in [1.807, 2.05) is 4.90 Å². The number of esters is 1. The molecule has 2 atom stereocenters. The summed E-state index contributed by atoms with van der Waals surface area (Å²) in [6.45, 7) is 2.30. The summed E-state index contributed by atoms with van der Waals surface area (Å²) in [5.41, 5.74) is -1.55. The fourth-order valence-electron chi connectivity index (χ4n) is 3.35. The Bertz CT molecular complexity index is 649. The van der Waals surface area contributed by atoms with Crippen molar-refractivity contribution in [2.75, 3.05) is 26.3 Å². The van der Waals surface area contributed by atoms with Crippen molar-refractivity contribution in [3.8, 4) is 0 Å². The lowest BCUT2D eigenvalue weighted by molar-refractivity contribution is -0.0256. The molecule has 1 saturated carbocycles. The Morgan fingerprint density at radius 3 is 2.08 bits per heavy atom. The van der Waals surface area contributed by atoms with Gasteiger partial charge in [-0.3, -0.25) is 4.90 Å². The summed E-state index contributed by atoms with van der Waals surface area (Å²) in [5, 5.41) is 0. The highest BCUT2D eigenvalue weighted by molar-refractivity contribution is 5.90. The highest BCUT2D eigenvalue weighted by Crippen LogP contribution is 2.30. The lowest BCUT2D eigenvalue weighted by atomic mass is 10.1. The second kappa shape index (κ2) is 7.25. The summed E-state index contributed by atoms with van der Waals surface area (Å²) < 4.78 is 77.4. The molecule has 0 amide bonds. The Morgan fingerprint density at radius 1 is 0.920 bits per heavy atom. The van der Waals surface area contributed by atoms with E-state index in [0.29, 0.717) is 32.7 Å². The lowest BCUT2D eigenvalue weighted by Gasteiger charge is -2.35. The molecule has 2 unspecified atom stereocenters. The van der Waals surface area contributed by atoms with Gasteiger partial charge in [0.25, 0.3) is 0 Å².